The van der Waals surface area contributed by atoms with Gasteiger partial charge in [-0.3, -0.25) is 14.7 Å². The van der Waals surface area contributed by atoms with E-state index in [1.54, 1.807) is 0 Å². The number of hydrogen-bond acceptors (Lipinski definition) is 4. The first-order chi connectivity index (χ1) is 10.5. The van der Waals surface area contributed by atoms with Gasteiger partial charge in [0.2, 0.25) is 11.8 Å². The van der Waals surface area contributed by atoms with Crippen molar-refractivity contribution in [2.75, 3.05) is 0 Å². The summed E-state index contributed by atoms with van der Waals surface area (Å²) in [5.41, 5.74) is 6.27. The summed E-state index contributed by atoms with van der Waals surface area (Å²) in [7, 11) is 0. The number of carbonyl (C=O) groups is 2. The molecule has 1 atom stereocenters. The van der Waals surface area contributed by atoms with Crippen LogP contribution in [0.2, 0.25) is 0 Å². The number of amides is 2. The molecular weight excluding hydrogens is 282 g/mol. The van der Waals surface area contributed by atoms with Crippen molar-refractivity contribution in [2.45, 2.75) is 32.2 Å². The molecule has 0 saturated carbocycles. The lowest BCUT2D eigenvalue weighted by Crippen LogP contribution is -2.28. The van der Waals surface area contributed by atoms with Crippen molar-refractivity contribution in [3.63, 3.8) is 0 Å². The molecule has 0 saturated heterocycles. The van der Waals surface area contributed by atoms with Crippen LogP contribution < -0.4 is 11.1 Å². The van der Waals surface area contributed by atoms with Gasteiger partial charge >= 0.3 is 0 Å². The molecular formula is C15H19N5O2. The van der Waals surface area contributed by atoms with Gasteiger partial charge in [-0.1, -0.05) is 30.3 Å². The highest BCUT2D eigenvalue weighted by atomic mass is 16.1. The first kappa shape index (κ1) is 15.7. The normalized spacial score (nSPS) is 11.9. The Morgan fingerprint density at radius 1 is 1.32 bits per heavy atom. The minimum Gasteiger partial charge on any atom is -0.370 e. The van der Waals surface area contributed by atoms with Crippen molar-refractivity contribution in [3.8, 4) is 0 Å². The quantitative estimate of drug-likeness (QED) is 0.703. The minimum atomic E-state index is -0.425. The molecule has 116 valence electrons. The molecule has 0 spiro atoms. The van der Waals surface area contributed by atoms with Gasteiger partial charge in [0.25, 0.3) is 0 Å². The summed E-state index contributed by atoms with van der Waals surface area (Å²) >= 11 is 0. The number of hydrogen-bond donors (Lipinski definition) is 3. The van der Waals surface area contributed by atoms with Gasteiger partial charge in [-0.05, 0) is 12.0 Å². The molecule has 0 aliphatic rings. The smallest absolute Gasteiger partial charge is 0.217 e. The predicted octanol–water partition coefficient (Wildman–Crippen LogP) is 0.838. The zero-order chi connectivity index (χ0) is 15.9. The van der Waals surface area contributed by atoms with Gasteiger partial charge in [0.1, 0.15) is 5.82 Å². The lowest BCUT2D eigenvalue weighted by molar-refractivity contribution is -0.121. The van der Waals surface area contributed by atoms with E-state index in [0.29, 0.717) is 24.5 Å². The Balaban J connectivity index is 2.08. The molecule has 1 aromatic heterocycles. The van der Waals surface area contributed by atoms with Crippen LogP contribution in [-0.2, 0) is 16.0 Å². The Morgan fingerprint density at radius 3 is 2.68 bits per heavy atom. The van der Waals surface area contributed by atoms with E-state index in [0.717, 1.165) is 5.56 Å². The van der Waals surface area contributed by atoms with E-state index in [1.165, 1.54) is 6.92 Å². The van der Waals surface area contributed by atoms with Crippen LogP contribution in [0.5, 0.6) is 0 Å². The minimum absolute atomic E-state index is 0.160. The van der Waals surface area contributed by atoms with E-state index >= 15 is 0 Å². The van der Waals surface area contributed by atoms with Gasteiger partial charge in [-0.25, -0.2) is 4.98 Å². The Hall–Kier alpha value is -2.70. The Bertz CT molecular complexity index is 638. The third kappa shape index (κ3) is 4.69. The zero-order valence-corrected chi connectivity index (χ0v) is 12.4. The third-order valence-electron chi connectivity index (χ3n) is 3.13. The van der Waals surface area contributed by atoms with Gasteiger partial charge in [-0.15, -0.1) is 0 Å². The third-order valence-corrected chi connectivity index (χ3v) is 3.13. The first-order valence-electron chi connectivity index (χ1n) is 7.05. The Morgan fingerprint density at radius 2 is 2.05 bits per heavy atom. The summed E-state index contributed by atoms with van der Waals surface area (Å²) in [6.45, 7) is 1.41. The molecule has 2 amide bonds. The molecule has 2 rings (SSSR count). The van der Waals surface area contributed by atoms with Crippen molar-refractivity contribution >= 4 is 11.8 Å². The topological polar surface area (TPSA) is 114 Å². The molecule has 2 aromatic rings. The van der Waals surface area contributed by atoms with E-state index in [2.05, 4.69) is 20.5 Å². The Labute approximate surface area is 128 Å². The van der Waals surface area contributed by atoms with Crippen LogP contribution >= 0.6 is 0 Å². The highest BCUT2D eigenvalue weighted by molar-refractivity contribution is 5.75. The van der Waals surface area contributed by atoms with Gasteiger partial charge in [-0.2, -0.15) is 5.10 Å². The number of benzene rings is 1. The maximum absolute atomic E-state index is 11.3. The summed E-state index contributed by atoms with van der Waals surface area (Å²) in [6, 6.07) is 9.44. The van der Waals surface area contributed by atoms with Gasteiger partial charge in [0.15, 0.2) is 5.82 Å². The molecule has 1 heterocycles. The predicted molar refractivity (Wildman–Crippen MR) is 80.6 cm³/mol. The number of H-pyrrole nitrogens is 1. The number of rotatable bonds is 7. The van der Waals surface area contributed by atoms with E-state index < -0.39 is 11.9 Å². The van der Waals surface area contributed by atoms with E-state index in [-0.39, 0.29) is 12.3 Å². The van der Waals surface area contributed by atoms with Crippen molar-refractivity contribution in [1.82, 2.24) is 20.5 Å². The van der Waals surface area contributed by atoms with Crippen LogP contribution in [0.1, 0.15) is 43.0 Å². The largest absolute Gasteiger partial charge is 0.370 e. The average molecular weight is 301 g/mol. The van der Waals surface area contributed by atoms with Gasteiger partial charge < -0.3 is 11.1 Å². The SMILES string of the molecule is CC(=O)N[C@@H](CCC(N)=O)c1n[nH]c(Cc2ccccc2)n1. The summed E-state index contributed by atoms with van der Waals surface area (Å²) in [5, 5.41) is 9.74. The highest BCUT2D eigenvalue weighted by Crippen LogP contribution is 2.15. The van der Waals surface area contributed by atoms with E-state index in [9.17, 15) is 9.59 Å². The number of aromatic amines is 1. The van der Waals surface area contributed by atoms with Crippen molar-refractivity contribution < 1.29 is 9.59 Å². The molecule has 1 aromatic carbocycles. The summed E-state index contributed by atoms with van der Waals surface area (Å²) < 4.78 is 0. The van der Waals surface area contributed by atoms with Crippen molar-refractivity contribution in [2.24, 2.45) is 5.73 Å². The maximum atomic E-state index is 11.3. The number of nitrogens with zero attached hydrogens (tertiary/aromatic N) is 2. The molecule has 0 radical (unpaired) electrons. The van der Waals surface area contributed by atoms with Crippen LogP contribution in [0.4, 0.5) is 0 Å². The monoisotopic (exact) mass is 301 g/mol. The summed E-state index contributed by atoms with van der Waals surface area (Å²) in [5.74, 6) is 0.539. The fourth-order valence-electron chi connectivity index (χ4n) is 2.13. The maximum Gasteiger partial charge on any atom is 0.217 e. The molecule has 0 unspecified atom stereocenters. The fraction of sp³-hybridized carbons (Fsp3) is 0.333. The summed E-state index contributed by atoms with van der Waals surface area (Å²) in [6.07, 6.45) is 1.15. The average Bonchev–Trinajstić information content (AvgIpc) is 2.92. The van der Waals surface area contributed by atoms with Crippen LogP contribution in [-0.4, -0.2) is 27.0 Å². The number of nitrogens with two attached hydrogens (primary N) is 1. The van der Waals surface area contributed by atoms with Crippen molar-refractivity contribution in [1.29, 1.82) is 0 Å². The van der Waals surface area contributed by atoms with Crippen LogP contribution in [0.25, 0.3) is 0 Å². The lowest BCUT2D eigenvalue weighted by Gasteiger charge is -2.13. The number of primary amides is 1. The second-order valence-corrected chi connectivity index (χ2v) is 5.06. The zero-order valence-electron chi connectivity index (χ0n) is 12.4. The van der Waals surface area contributed by atoms with Crippen LogP contribution in [0.3, 0.4) is 0 Å². The van der Waals surface area contributed by atoms with Gasteiger partial charge in [0.05, 0.1) is 6.04 Å². The summed E-state index contributed by atoms with van der Waals surface area (Å²) in [4.78, 5) is 26.6. The van der Waals surface area contributed by atoms with E-state index in [4.69, 9.17) is 5.73 Å². The molecule has 0 bridgehead atoms. The second-order valence-electron chi connectivity index (χ2n) is 5.06. The molecule has 7 heteroatoms. The molecule has 22 heavy (non-hydrogen) atoms. The number of nitrogens with one attached hydrogen (secondary N) is 2. The van der Waals surface area contributed by atoms with E-state index in [1.807, 2.05) is 30.3 Å². The highest BCUT2D eigenvalue weighted by Gasteiger charge is 2.18. The number of aromatic nitrogens is 3. The van der Waals surface area contributed by atoms with Crippen LogP contribution in [0, 0.1) is 0 Å². The second kappa shape index (κ2) is 7.35. The van der Waals surface area contributed by atoms with Crippen LogP contribution in [0.15, 0.2) is 30.3 Å². The molecule has 4 N–H and O–H groups in total. The molecule has 0 fully saturated rings. The standard InChI is InChI=1S/C15H19N5O2/c1-10(21)17-12(7-8-13(16)22)15-18-14(19-20-15)9-11-5-3-2-4-6-11/h2-6,12H,7-9H2,1H3,(H2,16,22)(H,17,21)(H,18,19,20)/t12-/m0/s1. The number of carbonyl (C=O) groups excluding carboxylic acids is 2. The molecule has 0 aliphatic carbocycles. The first-order valence-corrected chi connectivity index (χ1v) is 7.05. The molecule has 0 aliphatic heterocycles. The van der Waals surface area contributed by atoms with Crippen molar-refractivity contribution in [3.05, 3.63) is 47.5 Å². The fourth-order valence-corrected chi connectivity index (χ4v) is 2.13. The lowest BCUT2D eigenvalue weighted by atomic mass is 10.1. The Kier molecular flexibility index (Phi) is 5.24. The molecule has 7 nitrogen and oxygen atoms in total. The van der Waals surface area contributed by atoms with Gasteiger partial charge in [0, 0.05) is 19.8 Å².